The first-order valence-corrected chi connectivity index (χ1v) is 9.00. The van der Waals surface area contributed by atoms with Gasteiger partial charge in [-0.3, -0.25) is 14.7 Å². The molecule has 2 saturated heterocycles. The first-order chi connectivity index (χ1) is 11.6. The number of aryl methyl sites for hydroxylation is 1. The van der Waals surface area contributed by atoms with Crippen molar-refractivity contribution in [2.45, 2.75) is 39.2 Å². The van der Waals surface area contributed by atoms with Crippen molar-refractivity contribution in [3.63, 3.8) is 0 Å². The van der Waals surface area contributed by atoms with E-state index in [0.717, 1.165) is 39.1 Å². The molecule has 5 heteroatoms. The van der Waals surface area contributed by atoms with Gasteiger partial charge >= 0.3 is 0 Å². The lowest BCUT2D eigenvalue weighted by molar-refractivity contribution is -0.139. The molecule has 0 aliphatic carbocycles. The van der Waals surface area contributed by atoms with Gasteiger partial charge in [-0.2, -0.15) is 0 Å². The highest BCUT2D eigenvalue weighted by Gasteiger charge is 2.40. The third kappa shape index (κ3) is 3.95. The highest BCUT2D eigenvalue weighted by molar-refractivity contribution is 5.77. The molecule has 0 N–H and O–H groups in total. The number of likely N-dealkylation sites (tertiary alicyclic amines) is 2. The molecule has 2 fully saturated rings. The maximum Gasteiger partial charge on any atom is 0.222 e. The Labute approximate surface area is 145 Å². The molecule has 5 nitrogen and oxygen atoms in total. The standard InChI is InChI=1S/C19H29N3O2/c1-16-13-20-8-4-17(16)14-21-9-6-19(7-10-21)5-3-18(23)22(15-19)11-12-24-2/h4,8,13H,3,5-7,9-12,14-15H2,1-2H3. The van der Waals surface area contributed by atoms with Crippen LogP contribution in [0.3, 0.4) is 0 Å². The normalized spacial score (nSPS) is 21.4. The second-order valence-electron chi connectivity index (χ2n) is 7.39. The van der Waals surface area contributed by atoms with Crippen LogP contribution in [-0.2, 0) is 16.1 Å². The monoisotopic (exact) mass is 331 g/mol. The Hall–Kier alpha value is -1.46. The molecule has 0 bridgehead atoms. The largest absolute Gasteiger partial charge is 0.383 e. The number of carbonyl (C=O) groups excluding carboxylic acids is 1. The molecule has 1 amide bonds. The van der Waals surface area contributed by atoms with Gasteiger partial charge in [0.25, 0.3) is 0 Å². The van der Waals surface area contributed by atoms with Crippen molar-refractivity contribution in [1.29, 1.82) is 0 Å². The first kappa shape index (κ1) is 17.4. The van der Waals surface area contributed by atoms with E-state index in [4.69, 9.17) is 4.74 Å². The molecular weight excluding hydrogens is 302 g/mol. The summed E-state index contributed by atoms with van der Waals surface area (Å²) in [6.07, 6.45) is 7.96. The summed E-state index contributed by atoms with van der Waals surface area (Å²) in [6.45, 7) is 7.66. The third-order valence-electron chi connectivity index (χ3n) is 5.76. The number of hydrogen-bond donors (Lipinski definition) is 0. The molecule has 0 saturated carbocycles. The Morgan fingerprint density at radius 1 is 1.29 bits per heavy atom. The van der Waals surface area contributed by atoms with Crippen molar-refractivity contribution in [2.24, 2.45) is 5.41 Å². The van der Waals surface area contributed by atoms with Gasteiger partial charge in [-0.05, 0) is 61.9 Å². The molecule has 0 unspecified atom stereocenters. The summed E-state index contributed by atoms with van der Waals surface area (Å²) in [4.78, 5) is 20.9. The predicted octanol–water partition coefficient (Wildman–Crippen LogP) is 2.24. The first-order valence-electron chi connectivity index (χ1n) is 9.00. The lowest BCUT2D eigenvalue weighted by atomic mass is 9.72. The van der Waals surface area contributed by atoms with Crippen LogP contribution in [0, 0.1) is 12.3 Å². The molecule has 0 aromatic carbocycles. The summed E-state index contributed by atoms with van der Waals surface area (Å²) in [7, 11) is 1.70. The van der Waals surface area contributed by atoms with Crippen molar-refractivity contribution in [1.82, 2.24) is 14.8 Å². The maximum atomic E-state index is 12.1. The molecule has 2 aliphatic rings. The highest BCUT2D eigenvalue weighted by atomic mass is 16.5. The van der Waals surface area contributed by atoms with Gasteiger partial charge in [0.15, 0.2) is 0 Å². The van der Waals surface area contributed by atoms with Gasteiger partial charge in [0.05, 0.1) is 6.61 Å². The summed E-state index contributed by atoms with van der Waals surface area (Å²) >= 11 is 0. The maximum absolute atomic E-state index is 12.1. The molecule has 3 heterocycles. The van der Waals surface area contributed by atoms with Gasteiger partial charge in [-0.1, -0.05) is 0 Å². The van der Waals surface area contributed by atoms with Crippen LogP contribution in [0.5, 0.6) is 0 Å². The van der Waals surface area contributed by atoms with E-state index in [1.54, 1.807) is 7.11 Å². The summed E-state index contributed by atoms with van der Waals surface area (Å²) in [5, 5.41) is 0. The van der Waals surface area contributed by atoms with Gasteiger partial charge in [-0.15, -0.1) is 0 Å². The smallest absolute Gasteiger partial charge is 0.222 e. The summed E-state index contributed by atoms with van der Waals surface area (Å²) in [5.41, 5.74) is 2.97. The van der Waals surface area contributed by atoms with E-state index in [2.05, 4.69) is 22.9 Å². The Kier molecular flexibility index (Phi) is 5.51. The van der Waals surface area contributed by atoms with E-state index >= 15 is 0 Å². The summed E-state index contributed by atoms with van der Waals surface area (Å²) in [6, 6.07) is 2.13. The highest BCUT2D eigenvalue weighted by Crippen LogP contribution is 2.40. The SMILES string of the molecule is COCCN1CC2(CCC1=O)CCN(Cc1ccncc1C)CC2. The number of carbonyl (C=O) groups is 1. The Balaban J connectivity index is 1.56. The van der Waals surface area contributed by atoms with Gasteiger partial charge in [0, 0.05) is 45.6 Å². The number of rotatable bonds is 5. The van der Waals surface area contributed by atoms with Crippen LogP contribution < -0.4 is 0 Å². The fraction of sp³-hybridized carbons (Fsp3) is 0.684. The molecule has 0 atom stereocenters. The minimum absolute atomic E-state index is 0.299. The van der Waals surface area contributed by atoms with E-state index in [1.165, 1.54) is 24.0 Å². The van der Waals surface area contributed by atoms with Crippen molar-refractivity contribution < 1.29 is 9.53 Å². The molecule has 1 spiro atoms. The van der Waals surface area contributed by atoms with Crippen molar-refractivity contribution in [3.05, 3.63) is 29.6 Å². The number of amides is 1. The zero-order valence-corrected chi connectivity index (χ0v) is 15.0. The third-order valence-corrected chi connectivity index (χ3v) is 5.76. The summed E-state index contributed by atoms with van der Waals surface area (Å²) in [5.74, 6) is 0.299. The zero-order valence-electron chi connectivity index (χ0n) is 15.0. The molecule has 1 aromatic heterocycles. The van der Waals surface area contributed by atoms with Gasteiger partial charge in [0.2, 0.25) is 5.91 Å². The predicted molar refractivity (Wildman–Crippen MR) is 93.6 cm³/mol. The van der Waals surface area contributed by atoms with Gasteiger partial charge < -0.3 is 9.64 Å². The lowest BCUT2D eigenvalue weighted by Gasteiger charge is -2.47. The fourth-order valence-electron chi connectivity index (χ4n) is 4.02. The Bertz CT molecular complexity index is 567. The number of hydrogen-bond acceptors (Lipinski definition) is 4. The van der Waals surface area contributed by atoms with E-state index in [9.17, 15) is 4.79 Å². The average molecular weight is 331 g/mol. The van der Waals surface area contributed by atoms with Crippen LogP contribution >= 0.6 is 0 Å². The fourth-order valence-corrected chi connectivity index (χ4v) is 4.02. The summed E-state index contributed by atoms with van der Waals surface area (Å²) < 4.78 is 5.16. The van der Waals surface area contributed by atoms with Gasteiger partial charge in [0.1, 0.15) is 0 Å². The van der Waals surface area contributed by atoms with Crippen molar-refractivity contribution >= 4 is 5.91 Å². The van der Waals surface area contributed by atoms with E-state index in [0.29, 0.717) is 24.3 Å². The number of methoxy groups -OCH3 is 1. The molecule has 0 radical (unpaired) electrons. The number of nitrogens with zero attached hydrogens (tertiary/aromatic N) is 3. The average Bonchev–Trinajstić information content (AvgIpc) is 2.60. The molecule has 24 heavy (non-hydrogen) atoms. The zero-order chi connectivity index (χ0) is 17.0. The second kappa shape index (κ2) is 7.62. The molecular formula is C19H29N3O2. The molecule has 132 valence electrons. The Morgan fingerprint density at radius 2 is 2.08 bits per heavy atom. The number of aromatic nitrogens is 1. The Morgan fingerprint density at radius 3 is 2.79 bits per heavy atom. The number of piperidine rings is 2. The molecule has 2 aliphatic heterocycles. The quantitative estimate of drug-likeness (QED) is 0.830. The topological polar surface area (TPSA) is 45.7 Å². The second-order valence-corrected chi connectivity index (χ2v) is 7.39. The van der Waals surface area contributed by atoms with Crippen molar-refractivity contribution in [3.8, 4) is 0 Å². The minimum atomic E-state index is 0.299. The van der Waals surface area contributed by atoms with Crippen LogP contribution in [0.25, 0.3) is 0 Å². The van der Waals surface area contributed by atoms with Crippen LogP contribution in [0.15, 0.2) is 18.5 Å². The molecule has 1 aromatic rings. The van der Waals surface area contributed by atoms with E-state index < -0.39 is 0 Å². The van der Waals surface area contributed by atoms with Crippen LogP contribution in [-0.4, -0.2) is 60.6 Å². The van der Waals surface area contributed by atoms with Crippen molar-refractivity contribution in [2.75, 3.05) is 39.9 Å². The number of ether oxygens (including phenoxy) is 1. The molecule has 3 rings (SSSR count). The van der Waals surface area contributed by atoms with Crippen LogP contribution in [0.1, 0.15) is 36.8 Å². The van der Waals surface area contributed by atoms with Crippen LogP contribution in [0.2, 0.25) is 0 Å². The van der Waals surface area contributed by atoms with Gasteiger partial charge in [-0.25, -0.2) is 0 Å². The number of pyridine rings is 1. The van der Waals surface area contributed by atoms with E-state index in [-0.39, 0.29) is 0 Å². The lowest BCUT2D eigenvalue weighted by Crippen LogP contribution is -2.52. The van der Waals surface area contributed by atoms with E-state index in [1.807, 2.05) is 17.3 Å². The van der Waals surface area contributed by atoms with Crippen LogP contribution in [0.4, 0.5) is 0 Å². The minimum Gasteiger partial charge on any atom is -0.383 e.